The van der Waals surface area contributed by atoms with E-state index in [0.717, 1.165) is 25.7 Å². The van der Waals surface area contributed by atoms with Crippen molar-refractivity contribution in [3.63, 3.8) is 0 Å². The molecule has 1 amide bonds. The molecule has 0 unspecified atom stereocenters. The Bertz CT molecular complexity index is 546. The smallest absolute Gasteiger partial charge is 0.238 e. The third-order valence-corrected chi connectivity index (χ3v) is 4.26. The maximum Gasteiger partial charge on any atom is 0.238 e. The van der Waals surface area contributed by atoms with Crippen molar-refractivity contribution in [3.8, 4) is 0 Å². The minimum atomic E-state index is -1.02. The van der Waals surface area contributed by atoms with E-state index < -0.39 is 11.2 Å². The summed E-state index contributed by atoms with van der Waals surface area (Å²) in [7, 11) is 0. The van der Waals surface area contributed by atoms with Gasteiger partial charge in [0.25, 0.3) is 0 Å². The molecule has 0 atom stereocenters. The number of fused-ring (bicyclic) bond motifs is 1. The molecule has 4 heteroatoms. The maximum absolute atomic E-state index is 13.5. The van der Waals surface area contributed by atoms with Gasteiger partial charge in [0.05, 0.1) is 5.69 Å². The highest BCUT2D eigenvalue weighted by molar-refractivity contribution is 6.23. The molecule has 0 saturated heterocycles. The molecule has 0 saturated carbocycles. The first kappa shape index (κ1) is 15.7. The molecule has 1 N–H and O–H groups in total. The Labute approximate surface area is 124 Å². The first-order valence-corrected chi connectivity index (χ1v) is 7.71. The van der Waals surface area contributed by atoms with Crippen LogP contribution in [0.2, 0.25) is 0 Å². The summed E-state index contributed by atoms with van der Waals surface area (Å²) in [6.07, 6.45) is 4.53. The number of nitrogens with one attached hydrogen (secondary N) is 1. The van der Waals surface area contributed by atoms with Gasteiger partial charge in [0.1, 0.15) is 11.2 Å². The fourth-order valence-electron chi connectivity index (χ4n) is 2.95. The van der Waals surface area contributed by atoms with Crippen molar-refractivity contribution in [2.75, 3.05) is 5.32 Å². The molecule has 21 heavy (non-hydrogen) atoms. The number of amides is 1. The molecule has 1 aliphatic heterocycles. The highest BCUT2D eigenvalue weighted by Gasteiger charge is 2.48. The Kier molecular flexibility index (Phi) is 4.76. The van der Waals surface area contributed by atoms with E-state index in [2.05, 4.69) is 5.32 Å². The Hall–Kier alpha value is -1.71. The topological polar surface area (TPSA) is 46.2 Å². The molecule has 1 aromatic rings. The second-order valence-corrected chi connectivity index (χ2v) is 5.76. The number of anilines is 1. The van der Waals surface area contributed by atoms with Gasteiger partial charge in [-0.2, -0.15) is 0 Å². The first-order valence-electron chi connectivity index (χ1n) is 7.71. The van der Waals surface area contributed by atoms with Crippen LogP contribution in [0.1, 0.15) is 62.7 Å². The molecular weight excluding hydrogens is 269 g/mol. The number of benzene rings is 1. The van der Waals surface area contributed by atoms with Gasteiger partial charge in [-0.1, -0.05) is 39.5 Å². The van der Waals surface area contributed by atoms with Crippen LogP contribution < -0.4 is 5.32 Å². The van der Waals surface area contributed by atoms with E-state index in [4.69, 9.17) is 0 Å². The summed E-state index contributed by atoms with van der Waals surface area (Å²) in [5.74, 6) is -0.894. The number of Topliss-reactive ketones (excluding diaryl/α,β-unsaturated/α-hetero) is 1. The van der Waals surface area contributed by atoms with Crippen LogP contribution in [0.25, 0.3) is 0 Å². The molecule has 0 radical (unpaired) electrons. The lowest BCUT2D eigenvalue weighted by molar-refractivity contribution is -0.124. The number of hydrogen-bond acceptors (Lipinski definition) is 2. The third kappa shape index (κ3) is 2.85. The molecule has 2 rings (SSSR count). The molecule has 114 valence electrons. The molecular formula is C17H22FNO2. The highest BCUT2D eigenvalue weighted by Crippen LogP contribution is 2.41. The van der Waals surface area contributed by atoms with Crippen LogP contribution in [0.15, 0.2) is 18.2 Å². The van der Waals surface area contributed by atoms with Crippen molar-refractivity contribution in [1.29, 1.82) is 0 Å². The molecule has 0 fully saturated rings. The van der Waals surface area contributed by atoms with Gasteiger partial charge in [-0.15, -0.1) is 0 Å². The monoisotopic (exact) mass is 291 g/mol. The van der Waals surface area contributed by atoms with E-state index in [9.17, 15) is 14.0 Å². The number of rotatable bonds is 6. The summed E-state index contributed by atoms with van der Waals surface area (Å²) >= 11 is 0. The zero-order valence-corrected chi connectivity index (χ0v) is 12.7. The summed E-state index contributed by atoms with van der Waals surface area (Å²) in [5, 5.41) is 2.80. The molecule has 1 heterocycles. The lowest BCUT2D eigenvalue weighted by Crippen LogP contribution is -2.47. The number of unbranched alkanes of at least 4 members (excludes halogenated alkanes) is 2. The predicted molar refractivity (Wildman–Crippen MR) is 80.8 cm³/mol. The molecule has 0 aliphatic carbocycles. The summed E-state index contributed by atoms with van der Waals surface area (Å²) in [6.45, 7) is 4.07. The van der Waals surface area contributed by atoms with Crippen molar-refractivity contribution < 1.29 is 14.0 Å². The van der Waals surface area contributed by atoms with Crippen molar-refractivity contribution >= 4 is 17.4 Å². The van der Waals surface area contributed by atoms with Gasteiger partial charge >= 0.3 is 0 Å². The molecule has 0 bridgehead atoms. The van der Waals surface area contributed by atoms with E-state index in [0.29, 0.717) is 24.1 Å². The van der Waals surface area contributed by atoms with E-state index in [1.807, 2.05) is 13.8 Å². The number of hydrogen-bond donors (Lipinski definition) is 1. The maximum atomic E-state index is 13.5. The van der Waals surface area contributed by atoms with Crippen LogP contribution in [0.4, 0.5) is 10.1 Å². The first-order chi connectivity index (χ1) is 10.0. The van der Waals surface area contributed by atoms with Crippen LogP contribution in [-0.2, 0) is 4.79 Å². The summed E-state index contributed by atoms with van der Waals surface area (Å²) < 4.78 is 13.5. The van der Waals surface area contributed by atoms with Gasteiger partial charge in [0, 0.05) is 5.56 Å². The lowest BCUT2D eigenvalue weighted by Gasteiger charge is -2.35. The molecule has 3 nitrogen and oxygen atoms in total. The van der Waals surface area contributed by atoms with E-state index in [1.54, 1.807) is 0 Å². The van der Waals surface area contributed by atoms with Gasteiger partial charge in [0.2, 0.25) is 5.91 Å². The highest BCUT2D eigenvalue weighted by atomic mass is 19.1. The van der Waals surface area contributed by atoms with E-state index >= 15 is 0 Å². The van der Waals surface area contributed by atoms with Crippen molar-refractivity contribution in [1.82, 2.24) is 0 Å². The van der Waals surface area contributed by atoms with Gasteiger partial charge in [-0.3, -0.25) is 9.59 Å². The molecule has 0 spiro atoms. The second-order valence-electron chi connectivity index (χ2n) is 5.76. The van der Waals surface area contributed by atoms with Crippen molar-refractivity contribution in [2.24, 2.45) is 5.41 Å². The van der Waals surface area contributed by atoms with Gasteiger partial charge in [0.15, 0.2) is 5.78 Å². The minimum Gasteiger partial charge on any atom is -0.325 e. The van der Waals surface area contributed by atoms with Crippen LogP contribution >= 0.6 is 0 Å². The fraction of sp³-hybridized carbons (Fsp3) is 0.529. The lowest BCUT2D eigenvalue weighted by atomic mass is 9.70. The minimum absolute atomic E-state index is 0.220. The SMILES string of the molecule is CCCCC1(CCCC)C(=O)Nc2ccc(F)cc2C1=O. The average molecular weight is 291 g/mol. The predicted octanol–water partition coefficient (Wildman–Crippen LogP) is 4.33. The van der Waals surface area contributed by atoms with Gasteiger partial charge in [-0.05, 0) is 31.0 Å². The second kappa shape index (κ2) is 6.37. The Morgan fingerprint density at radius 3 is 2.29 bits per heavy atom. The van der Waals surface area contributed by atoms with Crippen molar-refractivity contribution in [3.05, 3.63) is 29.6 Å². The summed E-state index contributed by atoms with van der Waals surface area (Å²) in [5.41, 5.74) is -0.288. The van der Waals surface area contributed by atoms with Crippen molar-refractivity contribution in [2.45, 2.75) is 52.4 Å². The van der Waals surface area contributed by atoms with Crippen LogP contribution in [0, 0.1) is 11.2 Å². The van der Waals surface area contributed by atoms with Crippen LogP contribution in [0.3, 0.4) is 0 Å². The Morgan fingerprint density at radius 1 is 1.10 bits per heavy atom. The number of ketones is 1. The quantitative estimate of drug-likeness (QED) is 0.793. The fourth-order valence-corrected chi connectivity index (χ4v) is 2.95. The normalized spacial score (nSPS) is 16.5. The zero-order chi connectivity index (χ0) is 15.5. The largest absolute Gasteiger partial charge is 0.325 e. The molecule has 1 aromatic carbocycles. The van der Waals surface area contributed by atoms with Gasteiger partial charge < -0.3 is 5.32 Å². The molecule has 0 aromatic heterocycles. The van der Waals surface area contributed by atoms with Crippen LogP contribution in [0.5, 0.6) is 0 Å². The Morgan fingerprint density at radius 2 is 1.71 bits per heavy atom. The number of carbonyl (C=O) groups is 2. The summed E-state index contributed by atoms with van der Waals surface area (Å²) in [6, 6.07) is 3.96. The Balaban J connectivity index is 2.44. The third-order valence-electron chi connectivity index (χ3n) is 4.26. The average Bonchev–Trinajstić information content (AvgIpc) is 2.48. The van der Waals surface area contributed by atoms with Gasteiger partial charge in [-0.25, -0.2) is 4.39 Å². The zero-order valence-electron chi connectivity index (χ0n) is 12.7. The van der Waals surface area contributed by atoms with Crippen LogP contribution in [-0.4, -0.2) is 11.7 Å². The molecule has 1 aliphatic rings. The summed E-state index contributed by atoms with van der Waals surface area (Å²) in [4.78, 5) is 25.4. The standard InChI is InChI=1S/C17H22FNO2/c1-3-5-9-17(10-6-4-2)15(20)13-11-12(18)7-8-14(13)19-16(17)21/h7-8,11H,3-6,9-10H2,1-2H3,(H,19,21). The number of carbonyl (C=O) groups excluding carboxylic acids is 2. The number of halogens is 1. The van der Waals surface area contributed by atoms with E-state index in [-0.39, 0.29) is 11.7 Å². The van der Waals surface area contributed by atoms with E-state index in [1.165, 1.54) is 18.2 Å².